The molecule has 8 nitrogen and oxygen atoms in total. The van der Waals surface area contributed by atoms with Crippen LogP contribution in [-0.2, 0) is 14.4 Å². The molecule has 0 N–H and O–H groups in total. The Morgan fingerprint density at radius 1 is 1.06 bits per heavy atom. The zero-order valence-electron chi connectivity index (χ0n) is 20.9. The monoisotopic (exact) mass is 469 g/mol. The molecule has 0 radical (unpaired) electrons. The minimum Gasteiger partial charge on any atom is -0.342 e. The third-order valence-corrected chi connectivity index (χ3v) is 7.94. The zero-order chi connectivity index (χ0) is 24.3. The molecule has 1 spiro atoms. The van der Waals surface area contributed by atoms with E-state index in [0.717, 1.165) is 38.0 Å². The zero-order valence-corrected chi connectivity index (χ0v) is 20.9. The van der Waals surface area contributed by atoms with Gasteiger partial charge in [0.15, 0.2) is 0 Å². The molecule has 3 saturated heterocycles. The van der Waals surface area contributed by atoms with Gasteiger partial charge in [0, 0.05) is 38.3 Å². The van der Waals surface area contributed by atoms with Gasteiger partial charge in [0.1, 0.15) is 12.1 Å². The highest BCUT2D eigenvalue weighted by Crippen LogP contribution is 2.39. The largest absolute Gasteiger partial charge is 0.342 e. The van der Waals surface area contributed by atoms with Crippen molar-refractivity contribution >= 4 is 23.4 Å². The highest BCUT2D eigenvalue weighted by Gasteiger charge is 2.54. The molecular weight excluding hydrogens is 430 g/mol. The van der Waals surface area contributed by atoms with E-state index < -0.39 is 5.54 Å². The molecule has 3 aliphatic heterocycles. The molecule has 8 heteroatoms. The van der Waals surface area contributed by atoms with E-state index in [1.165, 1.54) is 0 Å². The van der Waals surface area contributed by atoms with Crippen molar-refractivity contribution in [2.75, 3.05) is 58.4 Å². The summed E-state index contributed by atoms with van der Waals surface area (Å²) in [6.07, 6.45) is 4.49. The van der Waals surface area contributed by atoms with E-state index in [2.05, 4.69) is 16.8 Å². The second kappa shape index (κ2) is 10.3. The van der Waals surface area contributed by atoms with Gasteiger partial charge in [0.2, 0.25) is 11.8 Å². The maximum atomic E-state index is 13.8. The van der Waals surface area contributed by atoms with Gasteiger partial charge in [-0.25, -0.2) is 0 Å². The molecule has 0 atom stereocenters. The van der Waals surface area contributed by atoms with Crippen LogP contribution in [0.5, 0.6) is 0 Å². The van der Waals surface area contributed by atoms with Gasteiger partial charge < -0.3 is 24.5 Å². The normalized spacial score (nSPS) is 21.4. The van der Waals surface area contributed by atoms with Crippen LogP contribution in [0.2, 0.25) is 0 Å². The molecule has 0 saturated carbocycles. The van der Waals surface area contributed by atoms with Crippen molar-refractivity contribution < 1.29 is 14.4 Å². The van der Waals surface area contributed by atoms with Gasteiger partial charge in [0.25, 0.3) is 5.91 Å². The number of rotatable bonds is 6. The van der Waals surface area contributed by atoms with Gasteiger partial charge in [-0.3, -0.25) is 14.4 Å². The minimum absolute atomic E-state index is 0.00326. The minimum atomic E-state index is -0.698. The number of nitrogens with zero attached hydrogens (tertiary/aromatic N) is 5. The van der Waals surface area contributed by atoms with Crippen molar-refractivity contribution in [2.45, 2.75) is 57.0 Å². The number of likely N-dealkylation sites (N-methyl/N-ethyl adjacent to an activating group) is 1. The molecular formula is C26H39N5O3. The Balaban J connectivity index is 1.49. The van der Waals surface area contributed by atoms with Crippen LogP contribution in [0.4, 0.5) is 5.69 Å². The van der Waals surface area contributed by atoms with Gasteiger partial charge in [-0.05, 0) is 64.4 Å². The molecule has 3 amide bonds. The number of carbonyl (C=O) groups is 3. The van der Waals surface area contributed by atoms with Crippen LogP contribution < -0.4 is 4.90 Å². The summed E-state index contributed by atoms with van der Waals surface area (Å²) in [5.74, 6) is 0.188. The number of amides is 3. The first-order valence-electron chi connectivity index (χ1n) is 12.7. The first kappa shape index (κ1) is 24.5. The SMILES string of the molecule is CCCC(=O)N1CCC2(CC1)C(=O)N(CC(=O)N(C)C1CCN(C)CC1)CN2c1ccccc1. The Hall–Kier alpha value is -2.61. The molecule has 34 heavy (non-hydrogen) atoms. The smallest absolute Gasteiger partial charge is 0.250 e. The number of carbonyl (C=O) groups excluding carboxylic acids is 3. The van der Waals surface area contributed by atoms with Crippen LogP contribution in [0.3, 0.4) is 0 Å². The highest BCUT2D eigenvalue weighted by atomic mass is 16.2. The highest BCUT2D eigenvalue weighted by molar-refractivity contribution is 5.96. The van der Waals surface area contributed by atoms with Crippen molar-refractivity contribution in [3.8, 4) is 0 Å². The van der Waals surface area contributed by atoms with E-state index in [9.17, 15) is 14.4 Å². The second-order valence-electron chi connectivity index (χ2n) is 10.1. The van der Waals surface area contributed by atoms with Crippen LogP contribution in [0.15, 0.2) is 30.3 Å². The molecule has 3 fully saturated rings. The fraction of sp³-hybridized carbons (Fsp3) is 0.654. The van der Waals surface area contributed by atoms with Gasteiger partial charge >= 0.3 is 0 Å². The molecule has 0 aromatic heterocycles. The van der Waals surface area contributed by atoms with Crippen LogP contribution in [0.1, 0.15) is 45.4 Å². The maximum Gasteiger partial charge on any atom is 0.250 e. The van der Waals surface area contributed by atoms with Crippen molar-refractivity contribution in [1.29, 1.82) is 0 Å². The van der Waals surface area contributed by atoms with Crippen LogP contribution in [-0.4, -0.2) is 102 Å². The second-order valence-corrected chi connectivity index (χ2v) is 10.1. The van der Waals surface area contributed by atoms with E-state index in [-0.39, 0.29) is 30.3 Å². The van der Waals surface area contributed by atoms with Gasteiger partial charge in [0.05, 0.1) is 6.67 Å². The lowest BCUT2D eigenvalue weighted by molar-refractivity contribution is -0.142. The summed E-state index contributed by atoms with van der Waals surface area (Å²) < 4.78 is 0. The lowest BCUT2D eigenvalue weighted by Gasteiger charge is -2.43. The third-order valence-electron chi connectivity index (χ3n) is 7.94. The fourth-order valence-corrected chi connectivity index (χ4v) is 5.68. The van der Waals surface area contributed by atoms with Gasteiger partial charge in [-0.15, -0.1) is 0 Å². The van der Waals surface area contributed by atoms with Crippen molar-refractivity contribution in [3.05, 3.63) is 30.3 Å². The number of piperidine rings is 2. The average Bonchev–Trinajstić information content (AvgIpc) is 3.11. The lowest BCUT2D eigenvalue weighted by Crippen LogP contribution is -2.57. The molecule has 3 heterocycles. The molecule has 1 aromatic rings. The van der Waals surface area contributed by atoms with Crippen LogP contribution in [0, 0.1) is 0 Å². The summed E-state index contributed by atoms with van der Waals surface area (Å²) in [4.78, 5) is 49.4. The van der Waals surface area contributed by atoms with E-state index in [0.29, 0.717) is 39.0 Å². The maximum absolute atomic E-state index is 13.8. The summed E-state index contributed by atoms with van der Waals surface area (Å²) >= 11 is 0. The Kier molecular flexibility index (Phi) is 7.45. The quantitative estimate of drug-likeness (QED) is 0.638. The van der Waals surface area contributed by atoms with E-state index in [4.69, 9.17) is 0 Å². The molecule has 186 valence electrons. The molecule has 4 rings (SSSR count). The Bertz CT molecular complexity index is 876. The third kappa shape index (κ3) is 4.78. The molecule has 0 bridgehead atoms. The Morgan fingerprint density at radius 3 is 2.32 bits per heavy atom. The predicted molar refractivity (Wildman–Crippen MR) is 132 cm³/mol. The Morgan fingerprint density at radius 2 is 1.71 bits per heavy atom. The molecule has 0 unspecified atom stereocenters. The van der Waals surface area contributed by atoms with Crippen molar-refractivity contribution in [2.24, 2.45) is 0 Å². The van der Waals surface area contributed by atoms with E-state index >= 15 is 0 Å². The number of para-hydroxylation sites is 1. The topological polar surface area (TPSA) is 67.4 Å². The predicted octanol–water partition coefficient (Wildman–Crippen LogP) is 2.01. The number of anilines is 1. The first-order valence-corrected chi connectivity index (χ1v) is 12.7. The lowest BCUT2D eigenvalue weighted by atomic mass is 9.85. The number of likely N-dealkylation sites (tertiary alicyclic amines) is 2. The van der Waals surface area contributed by atoms with Crippen LogP contribution >= 0.6 is 0 Å². The summed E-state index contributed by atoms with van der Waals surface area (Å²) in [7, 11) is 3.99. The molecule has 0 aliphatic carbocycles. The average molecular weight is 470 g/mol. The van der Waals surface area contributed by atoms with Crippen molar-refractivity contribution in [1.82, 2.24) is 19.6 Å². The number of hydrogen-bond donors (Lipinski definition) is 0. The van der Waals surface area contributed by atoms with Gasteiger partial charge in [-0.1, -0.05) is 25.1 Å². The standard InChI is InChI=1S/C26H39N5O3/c1-4-8-23(32)29-17-13-26(14-18-29)25(34)30(20-31(26)22-9-6-5-7-10-22)19-24(33)28(3)21-11-15-27(2)16-12-21/h5-7,9-10,21H,4,8,11-20H2,1-3H3. The molecule has 1 aromatic carbocycles. The molecule has 3 aliphatic rings. The van der Waals surface area contributed by atoms with E-state index in [1.807, 2.05) is 54.1 Å². The summed E-state index contributed by atoms with van der Waals surface area (Å²) in [5.41, 5.74) is 0.291. The van der Waals surface area contributed by atoms with Crippen LogP contribution in [0.25, 0.3) is 0 Å². The summed E-state index contributed by atoms with van der Waals surface area (Å²) in [6, 6.07) is 10.2. The van der Waals surface area contributed by atoms with Gasteiger partial charge in [-0.2, -0.15) is 0 Å². The first-order chi connectivity index (χ1) is 16.4. The fourth-order valence-electron chi connectivity index (χ4n) is 5.68. The Labute approximate surface area is 203 Å². The summed E-state index contributed by atoms with van der Waals surface area (Å²) in [6.45, 7) is 5.64. The number of benzene rings is 1. The van der Waals surface area contributed by atoms with Crippen molar-refractivity contribution in [3.63, 3.8) is 0 Å². The summed E-state index contributed by atoms with van der Waals surface area (Å²) in [5, 5.41) is 0. The number of hydrogen-bond acceptors (Lipinski definition) is 5. The van der Waals surface area contributed by atoms with E-state index in [1.54, 1.807) is 4.90 Å².